The van der Waals surface area contributed by atoms with Crippen LogP contribution in [0.25, 0.3) is 0 Å². The summed E-state index contributed by atoms with van der Waals surface area (Å²) in [5.41, 5.74) is -0.329. The number of ether oxygens (including phenoxy) is 5. The molecule has 13 heteroatoms. The van der Waals surface area contributed by atoms with Gasteiger partial charge in [-0.3, -0.25) is 9.59 Å². The Morgan fingerprint density at radius 3 is 1.23 bits per heavy atom. The molecule has 2 N–H and O–H groups in total. The van der Waals surface area contributed by atoms with Crippen LogP contribution >= 0.6 is 0 Å². The summed E-state index contributed by atoms with van der Waals surface area (Å²) in [6.45, 7) is 9.68. The van der Waals surface area contributed by atoms with Crippen LogP contribution in [0.1, 0.15) is 78.4 Å². The van der Waals surface area contributed by atoms with E-state index in [4.69, 9.17) is 23.7 Å². The largest absolute Gasteiger partial charge is 0.461 e. The van der Waals surface area contributed by atoms with Gasteiger partial charge >= 0.3 is 36.1 Å². The molecule has 0 saturated heterocycles. The van der Waals surface area contributed by atoms with E-state index in [9.17, 15) is 28.8 Å². The molecule has 2 aromatic carbocycles. The Labute approximate surface area is 274 Å². The Morgan fingerprint density at radius 2 is 0.915 bits per heavy atom. The molecule has 2 amide bonds. The number of benzene rings is 2. The average Bonchev–Trinajstić information content (AvgIpc) is 2.98. The molecule has 0 heterocycles. The molecule has 0 aliphatic heterocycles. The number of carbonyl (C=O) groups excluding carboxylic acids is 6. The van der Waals surface area contributed by atoms with Crippen molar-refractivity contribution in [2.24, 2.45) is 0 Å². The molecule has 0 bridgehead atoms. The molecule has 256 valence electrons. The molecule has 13 nitrogen and oxygen atoms in total. The van der Waals surface area contributed by atoms with Gasteiger partial charge in [0, 0.05) is 12.8 Å². The smallest absolute Gasteiger partial charge is 0.408 e. The summed E-state index contributed by atoms with van der Waals surface area (Å²) in [5, 5.41) is 4.64. The minimum atomic E-state index is -1.50. The number of amides is 2. The van der Waals surface area contributed by atoms with Crippen molar-refractivity contribution in [3.63, 3.8) is 0 Å². The Kier molecular flexibility index (Phi) is 14.9. The lowest BCUT2D eigenvalue weighted by Gasteiger charge is -2.24. The Morgan fingerprint density at radius 1 is 0.574 bits per heavy atom. The molecular weight excluding hydrogens is 612 g/mol. The second-order valence-electron chi connectivity index (χ2n) is 12.5. The highest BCUT2D eigenvalue weighted by molar-refractivity contribution is 5.94. The van der Waals surface area contributed by atoms with Gasteiger partial charge < -0.3 is 34.3 Å². The highest BCUT2D eigenvalue weighted by atomic mass is 16.6. The van der Waals surface area contributed by atoms with Crippen LogP contribution in [0.5, 0.6) is 0 Å². The Hall–Kier alpha value is -4.94. The maximum absolute atomic E-state index is 13.2. The van der Waals surface area contributed by atoms with Gasteiger partial charge in [0.15, 0.2) is 0 Å². The van der Waals surface area contributed by atoms with Crippen LogP contribution in [0.3, 0.4) is 0 Å². The zero-order valence-corrected chi connectivity index (χ0v) is 27.7. The number of hydrogen-bond donors (Lipinski definition) is 2. The summed E-state index contributed by atoms with van der Waals surface area (Å²) >= 11 is 0. The van der Waals surface area contributed by atoms with Crippen LogP contribution in [-0.2, 0) is 56.1 Å². The van der Waals surface area contributed by atoms with Gasteiger partial charge in [-0.15, -0.1) is 0 Å². The number of hydrogen-bond acceptors (Lipinski definition) is 11. The summed E-state index contributed by atoms with van der Waals surface area (Å²) in [6.07, 6.45) is -3.21. The predicted octanol–water partition coefficient (Wildman–Crippen LogP) is 4.89. The van der Waals surface area contributed by atoms with E-state index in [0.29, 0.717) is 0 Å². The fourth-order valence-electron chi connectivity index (χ4n) is 3.78. The third-order valence-electron chi connectivity index (χ3n) is 5.91. The second kappa shape index (κ2) is 18.3. The van der Waals surface area contributed by atoms with E-state index < -0.39 is 59.3 Å². The van der Waals surface area contributed by atoms with E-state index in [-0.39, 0.29) is 38.9 Å². The van der Waals surface area contributed by atoms with Crippen molar-refractivity contribution < 1.29 is 52.5 Å². The van der Waals surface area contributed by atoms with Crippen LogP contribution in [0.15, 0.2) is 60.7 Å². The van der Waals surface area contributed by atoms with E-state index in [1.807, 2.05) is 12.1 Å². The van der Waals surface area contributed by atoms with Gasteiger partial charge in [-0.1, -0.05) is 60.7 Å². The van der Waals surface area contributed by atoms with Crippen molar-refractivity contribution in [2.75, 3.05) is 0 Å². The molecule has 0 fully saturated rings. The van der Waals surface area contributed by atoms with Crippen LogP contribution in [0, 0.1) is 0 Å². The van der Waals surface area contributed by atoms with Crippen LogP contribution in [0.4, 0.5) is 9.59 Å². The van der Waals surface area contributed by atoms with Crippen molar-refractivity contribution in [3.8, 4) is 0 Å². The fraction of sp³-hybridized carbons (Fsp3) is 0.471. The molecule has 0 radical (unpaired) electrons. The third-order valence-corrected chi connectivity index (χ3v) is 5.91. The normalized spacial score (nSPS) is 12.5. The number of carbonyl (C=O) groups is 6. The van der Waals surface area contributed by atoms with Crippen molar-refractivity contribution in [3.05, 3.63) is 71.8 Å². The number of esters is 4. The lowest BCUT2D eigenvalue weighted by Crippen LogP contribution is -2.48. The summed E-state index contributed by atoms with van der Waals surface area (Å²) < 4.78 is 26.0. The summed E-state index contributed by atoms with van der Waals surface area (Å²) in [5.74, 6) is -3.77. The summed E-state index contributed by atoms with van der Waals surface area (Å²) in [4.78, 5) is 76.2. The highest BCUT2D eigenvalue weighted by Crippen LogP contribution is 2.13. The number of rotatable bonds is 14. The molecular formula is C34H44N2O11. The molecule has 2 rings (SSSR count). The van der Waals surface area contributed by atoms with Crippen molar-refractivity contribution in [2.45, 2.75) is 104 Å². The molecule has 47 heavy (non-hydrogen) atoms. The molecule has 0 aromatic heterocycles. The number of nitrogens with one attached hydrogen (secondary N) is 2. The van der Waals surface area contributed by atoms with E-state index in [1.165, 1.54) is 0 Å². The number of alkyl carbamates (subject to hydrolysis) is 2. The molecule has 0 saturated carbocycles. The highest BCUT2D eigenvalue weighted by Gasteiger charge is 2.32. The first-order valence-electron chi connectivity index (χ1n) is 15.1. The maximum Gasteiger partial charge on any atom is 0.408 e. The van der Waals surface area contributed by atoms with Gasteiger partial charge in [-0.05, 0) is 65.5 Å². The molecule has 0 aliphatic rings. The Balaban J connectivity index is 2.10. The monoisotopic (exact) mass is 656 g/mol. The van der Waals surface area contributed by atoms with Gasteiger partial charge in [0.1, 0.15) is 36.5 Å². The van der Waals surface area contributed by atoms with Crippen molar-refractivity contribution in [1.29, 1.82) is 0 Å². The minimum absolute atomic E-state index is 0.00142. The SMILES string of the molecule is CC(C)(C)OC(=O)NC(CCC(=O)OCc1ccccc1)C(=O)OC(=O)C(CCC(=O)OCc1ccccc1)NC(=O)OC(C)(C)C. The van der Waals surface area contributed by atoms with E-state index in [1.54, 1.807) is 90.1 Å². The van der Waals surface area contributed by atoms with Gasteiger partial charge in [-0.2, -0.15) is 0 Å². The van der Waals surface area contributed by atoms with Crippen molar-refractivity contribution >= 4 is 36.1 Å². The quantitative estimate of drug-likeness (QED) is 0.161. The van der Waals surface area contributed by atoms with Gasteiger partial charge in [0.2, 0.25) is 0 Å². The third kappa shape index (κ3) is 16.8. The summed E-state index contributed by atoms with van der Waals surface area (Å²) in [7, 11) is 0. The zero-order valence-electron chi connectivity index (χ0n) is 27.7. The zero-order chi connectivity index (χ0) is 35.0. The van der Waals surface area contributed by atoms with Crippen LogP contribution in [-0.4, -0.2) is 59.3 Å². The van der Waals surface area contributed by atoms with Crippen molar-refractivity contribution in [1.82, 2.24) is 10.6 Å². The Bertz CT molecular complexity index is 1250. The van der Waals surface area contributed by atoms with Gasteiger partial charge in [0.05, 0.1) is 0 Å². The standard InChI is InChI=1S/C34H44N2O11/c1-33(2,3)46-31(41)35-25(17-19-27(37)43-21-23-13-9-7-10-14-23)29(39)45-30(40)26(36-32(42)47-34(4,5)6)18-20-28(38)44-22-24-15-11-8-12-16-24/h7-16,25-26H,17-22H2,1-6H3,(H,35,41)(H,36,42). The van der Waals surface area contributed by atoms with Crippen LogP contribution < -0.4 is 10.6 Å². The van der Waals surface area contributed by atoms with E-state index in [0.717, 1.165) is 11.1 Å². The first kappa shape index (κ1) is 38.2. The summed E-state index contributed by atoms with van der Waals surface area (Å²) in [6, 6.07) is 14.9. The molecule has 0 spiro atoms. The lowest BCUT2D eigenvalue weighted by molar-refractivity contribution is -0.163. The molecule has 2 atom stereocenters. The lowest BCUT2D eigenvalue weighted by atomic mass is 10.1. The first-order chi connectivity index (χ1) is 22.0. The van der Waals surface area contributed by atoms with Gasteiger partial charge in [0.25, 0.3) is 0 Å². The van der Waals surface area contributed by atoms with Gasteiger partial charge in [-0.25, -0.2) is 19.2 Å². The fourth-order valence-corrected chi connectivity index (χ4v) is 3.78. The second-order valence-corrected chi connectivity index (χ2v) is 12.5. The van der Waals surface area contributed by atoms with E-state index >= 15 is 0 Å². The first-order valence-corrected chi connectivity index (χ1v) is 15.1. The molecule has 2 aromatic rings. The molecule has 0 aliphatic carbocycles. The van der Waals surface area contributed by atoms with Crippen LogP contribution in [0.2, 0.25) is 0 Å². The molecule has 2 unspecified atom stereocenters. The maximum atomic E-state index is 13.2. The predicted molar refractivity (Wildman–Crippen MR) is 168 cm³/mol. The van der Waals surface area contributed by atoms with E-state index in [2.05, 4.69) is 10.6 Å². The average molecular weight is 657 g/mol. The minimum Gasteiger partial charge on any atom is -0.461 e. The topological polar surface area (TPSA) is 173 Å².